The van der Waals surface area contributed by atoms with Crippen LogP contribution in [0.1, 0.15) is 17.5 Å². The fourth-order valence-electron chi connectivity index (χ4n) is 1.85. The number of hydrogen-bond acceptors (Lipinski definition) is 1. The van der Waals surface area contributed by atoms with Gasteiger partial charge in [0.1, 0.15) is 11.6 Å². The van der Waals surface area contributed by atoms with Crippen molar-refractivity contribution in [3.05, 3.63) is 65.5 Å². The van der Waals surface area contributed by atoms with Crippen molar-refractivity contribution in [2.24, 2.45) is 0 Å². The van der Waals surface area contributed by atoms with Gasteiger partial charge in [0.15, 0.2) is 0 Å². The molecule has 21 heavy (non-hydrogen) atoms. The van der Waals surface area contributed by atoms with E-state index in [-0.39, 0.29) is 5.82 Å². The first kappa shape index (κ1) is 15.4. The van der Waals surface area contributed by atoms with Crippen LogP contribution in [-0.2, 0) is 6.42 Å². The third kappa shape index (κ3) is 5.13. The summed E-state index contributed by atoms with van der Waals surface area (Å²) in [6, 6.07) is 14.4. The predicted molar refractivity (Wildman–Crippen MR) is 84.3 cm³/mol. The SMILES string of the molecule is Fc1ccc(C#CCCCl)c(OCCc2ccccc2)c1. The van der Waals surface area contributed by atoms with Gasteiger partial charge in [-0.1, -0.05) is 42.2 Å². The van der Waals surface area contributed by atoms with Gasteiger partial charge in [0.25, 0.3) is 0 Å². The van der Waals surface area contributed by atoms with Crippen LogP contribution in [0.5, 0.6) is 5.75 Å². The molecule has 0 amide bonds. The van der Waals surface area contributed by atoms with Crippen molar-refractivity contribution in [3.8, 4) is 17.6 Å². The lowest BCUT2D eigenvalue weighted by molar-refractivity contribution is 0.319. The first-order valence-electron chi connectivity index (χ1n) is 6.80. The van der Waals surface area contributed by atoms with Crippen LogP contribution in [0.3, 0.4) is 0 Å². The van der Waals surface area contributed by atoms with Gasteiger partial charge in [0, 0.05) is 24.8 Å². The Balaban J connectivity index is 2.01. The molecule has 0 saturated heterocycles. The minimum atomic E-state index is -0.326. The van der Waals surface area contributed by atoms with Crippen LogP contribution in [0.2, 0.25) is 0 Å². The van der Waals surface area contributed by atoms with E-state index < -0.39 is 0 Å². The Labute approximate surface area is 129 Å². The van der Waals surface area contributed by atoms with Gasteiger partial charge in [-0.15, -0.1) is 11.6 Å². The second-order valence-corrected chi connectivity index (χ2v) is 4.84. The highest BCUT2D eigenvalue weighted by Crippen LogP contribution is 2.19. The van der Waals surface area contributed by atoms with Crippen molar-refractivity contribution in [2.45, 2.75) is 12.8 Å². The van der Waals surface area contributed by atoms with Crippen molar-refractivity contribution in [1.82, 2.24) is 0 Å². The molecule has 2 aromatic rings. The van der Waals surface area contributed by atoms with Crippen molar-refractivity contribution in [1.29, 1.82) is 0 Å². The van der Waals surface area contributed by atoms with Gasteiger partial charge in [0.2, 0.25) is 0 Å². The average molecular weight is 303 g/mol. The van der Waals surface area contributed by atoms with E-state index in [9.17, 15) is 4.39 Å². The molecule has 0 aliphatic heterocycles. The molecule has 0 aliphatic rings. The number of halogens is 2. The summed E-state index contributed by atoms with van der Waals surface area (Å²) < 4.78 is 19.0. The lowest BCUT2D eigenvalue weighted by atomic mass is 10.1. The molecule has 0 atom stereocenters. The molecule has 3 heteroatoms. The molecule has 0 radical (unpaired) electrons. The van der Waals surface area contributed by atoms with Gasteiger partial charge in [-0.2, -0.15) is 0 Å². The highest BCUT2D eigenvalue weighted by Gasteiger charge is 2.04. The summed E-state index contributed by atoms with van der Waals surface area (Å²) in [5.41, 5.74) is 1.87. The molecule has 0 fully saturated rings. The molecule has 0 spiro atoms. The molecule has 0 unspecified atom stereocenters. The fourth-order valence-corrected chi connectivity index (χ4v) is 1.94. The predicted octanol–water partition coefficient (Wildman–Crippen LogP) is 4.43. The molecule has 0 aromatic heterocycles. The maximum atomic E-state index is 13.3. The summed E-state index contributed by atoms with van der Waals surface area (Å²) in [5, 5.41) is 0. The molecule has 0 aliphatic carbocycles. The Kier molecular flexibility index (Phi) is 6.12. The fraction of sp³-hybridized carbons (Fsp3) is 0.222. The minimum absolute atomic E-state index is 0.326. The molecule has 2 rings (SSSR count). The third-order valence-electron chi connectivity index (χ3n) is 2.88. The van der Waals surface area contributed by atoms with E-state index in [4.69, 9.17) is 16.3 Å². The smallest absolute Gasteiger partial charge is 0.137 e. The van der Waals surface area contributed by atoms with Crippen molar-refractivity contribution >= 4 is 11.6 Å². The van der Waals surface area contributed by atoms with Gasteiger partial charge < -0.3 is 4.74 Å². The van der Waals surface area contributed by atoms with E-state index in [0.717, 1.165) is 6.42 Å². The topological polar surface area (TPSA) is 9.23 Å². The minimum Gasteiger partial charge on any atom is -0.492 e. The zero-order valence-electron chi connectivity index (χ0n) is 11.6. The van der Waals surface area contributed by atoms with Crippen LogP contribution in [0.15, 0.2) is 48.5 Å². The Bertz CT molecular complexity index is 629. The Morgan fingerprint density at radius 3 is 2.67 bits per heavy atom. The van der Waals surface area contributed by atoms with Crippen LogP contribution in [0.4, 0.5) is 4.39 Å². The summed E-state index contributed by atoms with van der Waals surface area (Å²) in [6.45, 7) is 0.484. The number of benzene rings is 2. The number of alkyl halides is 1. The average Bonchev–Trinajstić information content (AvgIpc) is 2.51. The maximum absolute atomic E-state index is 13.3. The molecular weight excluding hydrogens is 287 g/mol. The van der Waals surface area contributed by atoms with E-state index in [1.54, 1.807) is 6.07 Å². The molecular formula is C18H16ClFO. The van der Waals surface area contributed by atoms with Gasteiger partial charge >= 0.3 is 0 Å². The Hall–Kier alpha value is -1.98. The number of rotatable bonds is 5. The quantitative estimate of drug-likeness (QED) is 0.586. The molecule has 0 bridgehead atoms. The maximum Gasteiger partial charge on any atom is 0.137 e. The van der Waals surface area contributed by atoms with Gasteiger partial charge in [-0.25, -0.2) is 4.39 Å². The summed E-state index contributed by atoms with van der Waals surface area (Å²) in [5.74, 6) is 6.54. The Morgan fingerprint density at radius 1 is 1.10 bits per heavy atom. The van der Waals surface area contributed by atoms with E-state index >= 15 is 0 Å². The molecule has 0 heterocycles. The number of ether oxygens (including phenoxy) is 1. The standard InChI is InChI=1S/C18H16ClFO/c19-12-5-4-8-16-9-10-17(20)14-18(16)21-13-11-15-6-2-1-3-7-15/h1-3,6-7,9-10,14H,5,11-13H2. The van der Waals surface area contributed by atoms with Crippen molar-refractivity contribution in [3.63, 3.8) is 0 Å². The first-order valence-corrected chi connectivity index (χ1v) is 7.34. The largest absolute Gasteiger partial charge is 0.492 e. The Morgan fingerprint density at radius 2 is 1.90 bits per heavy atom. The summed E-state index contributed by atoms with van der Waals surface area (Å²) in [4.78, 5) is 0. The second kappa shape index (κ2) is 8.34. The van der Waals surface area contributed by atoms with Crippen LogP contribution < -0.4 is 4.74 Å². The van der Waals surface area contributed by atoms with Gasteiger partial charge in [-0.05, 0) is 17.7 Å². The monoisotopic (exact) mass is 302 g/mol. The lowest BCUT2D eigenvalue weighted by Gasteiger charge is -2.08. The molecule has 0 N–H and O–H groups in total. The van der Waals surface area contributed by atoms with Gasteiger partial charge in [-0.3, -0.25) is 0 Å². The highest BCUT2D eigenvalue weighted by molar-refractivity contribution is 6.18. The number of hydrogen-bond donors (Lipinski definition) is 0. The van der Waals surface area contributed by atoms with E-state index in [0.29, 0.717) is 30.2 Å². The van der Waals surface area contributed by atoms with E-state index in [1.165, 1.54) is 17.7 Å². The first-order chi connectivity index (χ1) is 10.3. The van der Waals surface area contributed by atoms with Crippen LogP contribution in [0, 0.1) is 17.7 Å². The second-order valence-electron chi connectivity index (χ2n) is 4.47. The van der Waals surface area contributed by atoms with E-state index in [1.807, 2.05) is 30.3 Å². The van der Waals surface area contributed by atoms with Crippen molar-refractivity contribution < 1.29 is 9.13 Å². The summed E-state index contributed by atoms with van der Waals surface area (Å²) >= 11 is 5.59. The van der Waals surface area contributed by atoms with Crippen LogP contribution in [0.25, 0.3) is 0 Å². The third-order valence-corrected chi connectivity index (χ3v) is 3.07. The highest BCUT2D eigenvalue weighted by atomic mass is 35.5. The molecule has 2 aromatic carbocycles. The lowest BCUT2D eigenvalue weighted by Crippen LogP contribution is -2.03. The molecule has 1 nitrogen and oxygen atoms in total. The normalized spacial score (nSPS) is 9.81. The zero-order valence-corrected chi connectivity index (χ0v) is 12.4. The zero-order chi connectivity index (χ0) is 14.9. The summed E-state index contributed by atoms with van der Waals surface area (Å²) in [7, 11) is 0. The van der Waals surface area contributed by atoms with E-state index in [2.05, 4.69) is 11.8 Å². The molecule has 108 valence electrons. The van der Waals surface area contributed by atoms with Crippen LogP contribution >= 0.6 is 11.6 Å². The van der Waals surface area contributed by atoms with Crippen molar-refractivity contribution in [2.75, 3.05) is 12.5 Å². The van der Waals surface area contributed by atoms with Crippen LogP contribution in [-0.4, -0.2) is 12.5 Å². The van der Waals surface area contributed by atoms with Gasteiger partial charge in [0.05, 0.1) is 12.2 Å². The molecule has 0 saturated carbocycles. The summed E-state index contributed by atoms with van der Waals surface area (Å²) in [6.07, 6.45) is 1.37.